The van der Waals surface area contributed by atoms with Gasteiger partial charge in [-0.2, -0.15) is 17.7 Å². The summed E-state index contributed by atoms with van der Waals surface area (Å²) in [7, 11) is 0. The summed E-state index contributed by atoms with van der Waals surface area (Å²) >= 11 is 4.19. The maximum Gasteiger partial charge on any atom is 0.207 e. The van der Waals surface area contributed by atoms with Crippen molar-refractivity contribution in [1.82, 2.24) is 9.78 Å². The Kier molecular flexibility index (Phi) is 4.20. The van der Waals surface area contributed by atoms with Gasteiger partial charge in [0.15, 0.2) is 0 Å². The molecule has 0 radical (unpaired) electrons. The average Bonchev–Trinajstić information content (AvgIpc) is 2.37. The topological polar surface area (TPSA) is 34.9 Å². The van der Waals surface area contributed by atoms with Crippen LogP contribution in [0.2, 0.25) is 0 Å². The maximum atomic E-state index is 11.6. The molecule has 3 nitrogen and oxygen atoms in total. The molecule has 90 valence electrons. The van der Waals surface area contributed by atoms with Crippen LogP contribution in [0.4, 0.5) is 0 Å². The largest absolute Gasteiger partial charge is 0.287 e. The van der Waals surface area contributed by atoms with E-state index >= 15 is 0 Å². The highest BCUT2D eigenvalue weighted by Gasteiger charge is 2.02. The third kappa shape index (κ3) is 2.88. The third-order valence-corrected chi connectivity index (χ3v) is 3.11. The van der Waals surface area contributed by atoms with Crippen molar-refractivity contribution < 1.29 is 0 Å². The predicted molar refractivity (Wildman–Crippen MR) is 73.7 cm³/mol. The van der Waals surface area contributed by atoms with E-state index in [9.17, 15) is 4.79 Å². The fourth-order valence-electron chi connectivity index (χ4n) is 1.89. The van der Waals surface area contributed by atoms with E-state index in [4.69, 9.17) is 0 Å². The monoisotopic (exact) mass is 248 g/mol. The van der Waals surface area contributed by atoms with Gasteiger partial charge in [-0.1, -0.05) is 18.6 Å². The molecular formula is C13H16N2OS. The van der Waals surface area contributed by atoms with Gasteiger partial charge in [0.05, 0.1) is 11.7 Å². The molecular weight excluding hydrogens is 232 g/mol. The molecule has 4 heteroatoms. The number of thiol groups is 1. The van der Waals surface area contributed by atoms with Gasteiger partial charge in [-0.15, -0.1) is 0 Å². The molecule has 0 atom stereocenters. The van der Waals surface area contributed by atoms with Gasteiger partial charge >= 0.3 is 0 Å². The average molecular weight is 248 g/mol. The van der Waals surface area contributed by atoms with Gasteiger partial charge in [0.2, 0.25) is 5.43 Å². The van der Waals surface area contributed by atoms with Crippen LogP contribution >= 0.6 is 12.6 Å². The van der Waals surface area contributed by atoms with Crippen LogP contribution < -0.4 is 5.43 Å². The third-order valence-electron chi connectivity index (χ3n) is 2.79. The molecule has 2 aromatic rings. The predicted octanol–water partition coefficient (Wildman–Crippen LogP) is 2.50. The van der Waals surface area contributed by atoms with Gasteiger partial charge in [0.25, 0.3) is 0 Å². The molecule has 1 aromatic carbocycles. The Morgan fingerprint density at radius 3 is 2.82 bits per heavy atom. The zero-order valence-electron chi connectivity index (χ0n) is 9.67. The molecule has 0 fully saturated rings. The van der Waals surface area contributed by atoms with Crippen LogP contribution in [0, 0.1) is 0 Å². The number of hydrogen-bond donors (Lipinski definition) is 1. The highest BCUT2D eigenvalue weighted by atomic mass is 32.1. The van der Waals surface area contributed by atoms with E-state index in [1.54, 1.807) is 0 Å². The van der Waals surface area contributed by atoms with Crippen molar-refractivity contribution in [1.29, 1.82) is 0 Å². The second kappa shape index (κ2) is 5.87. The van der Waals surface area contributed by atoms with E-state index in [1.807, 2.05) is 28.9 Å². The lowest BCUT2D eigenvalue weighted by Crippen LogP contribution is -2.12. The first-order chi connectivity index (χ1) is 8.33. The molecule has 0 unspecified atom stereocenters. The highest BCUT2D eigenvalue weighted by molar-refractivity contribution is 7.80. The quantitative estimate of drug-likeness (QED) is 0.651. The van der Waals surface area contributed by atoms with Crippen molar-refractivity contribution in [3.63, 3.8) is 0 Å². The van der Waals surface area contributed by atoms with Crippen molar-refractivity contribution in [2.75, 3.05) is 5.75 Å². The summed E-state index contributed by atoms with van der Waals surface area (Å²) in [6.45, 7) is 0.856. The summed E-state index contributed by atoms with van der Waals surface area (Å²) in [5.74, 6) is 0.929. The minimum Gasteiger partial charge on any atom is -0.287 e. The SMILES string of the molecule is O=c1cnn(CCCCCS)c2ccccc12. The van der Waals surface area contributed by atoms with Crippen molar-refractivity contribution in [2.45, 2.75) is 25.8 Å². The van der Waals surface area contributed by atoms with Crippen LogP contribution in [0.1, 0.15) is 19.3 Å². The normalized spacial score (nSPS) is 10.9. The zero-order chi connectivity index (χ0) is 12.1. The Labute approximate surface area is 106 Å². The molecule has 2 rings (SSSR count). The lowest BCUT2D eigenvalue weighted by molar-refractivity contribution is 0.561. The van der Waals surface area contributed by atoms with Gasteiger partial charge in [-0.3, -0.25) is 9.48 Å². The van der Waals surface area contributed by atoms with Gasteiger partial charge < -0.3 is 0 Å². The zero-order valence-corrected chi connectivity index (χ0v) is 10.6. The van der Waals surface area contributed by atoms with Gasteiger partial charge in [-0.05, 0) is 30.7 Å². The van der Waals surface area contributed by atoms with Crippen LogP contribution in [0.15, 0.2) is 35.3 Å². The Bertz CT molecular complexity index is 550. The fourth-order valence-corrected chi connectivity index (χ4v) is 2.11. The number of rotatable bonds is 5. The number of benzene rings is 1. The first-order valence-electron chi connectivity index (χ1n) is 5.88. The molecule has 0 saturated heterocycles. The molecule has 0 aliphatic carbocycles. The standard InChI is InChI=1S/C13H16N2OS/c16-13-10-14-15(8-4-1-5-9-17)12-7-3-2-6-11(12)13/h2-3,6-7,10,17H,1,4-5,8-9H2. The Morgan fingerprint density at radius 1 is 1.18 bits per heavy atom. The van der Waals surface area contributed by atoms with E-state index in [-0.39, 0.29) is 5.43 Å². The summed E-state index contributed by atoms with van der Waals surface area (Å²) in [4.78, 5) is 11.6. The van der Waals surface area contributed by atoms with Gasteiger partial charge in [0, 0.05) is 11.9 Å². The minimum absolute atomic E-state index is 0.00721. The van der Waals surface area contributed by atoms with E-state index in [2.05, 4.69) is 17.7 Å². The first kappa shape index (κ1) is 12.2. The Hall–Kier alpha value is -1.29. The van der Waals surface area contributed by atoms with Crippen molar-refractivity contribution in [3.05, 3.63) is 40.7 Å². The molecule has 1 aromatic heterocycles. The summed E-state index contributed by atoms with van der Waals surface area (Å²) in [6.07, 6.45) is 4.74. The van der Waals surface area contributed by atoms with E-state index in [0.29, 0.717) is 0 Å². The van der Waals surface area contributed by atoms with Crippen molar-refractivity contribution >= 4 is 23.5 Å². The van der Waals surface area contributed by atoms with Crippen LogP contribution in [0.5, 0.6) is 0 Å². The summed E-state index contributed by atoms with van der Waals surface area (Å²) in [5.41, 5.74) is 0.915. The first-order valence-corrected chi connectivity index (χ1v) is 6.52. The van der Waals surface area contributed by atoms with Crippen LogP contribution in [-0.4, -0.2) is 15.5 Å². The molecule has 17 heavy (non-hydrogen) atoms. The van der Waals surface area contributed by atoms with Crippen LogP contribution in [0.25, 0.3) is 10.9 Å². The second-order valence-corrected chi connectivity index (χ2v) is 4.48. The van der Waals surface area contributed by atoms with Gasteiger partial charge in [-0.25, -0.2) is 0 Å². The van der Waals surface area contributed by atoms with Crippen LogP contribution in [0.3, 0.4) is 0 Å². The summed E-state index contributed by atoms with van der Waals surface area (Å²) in [6, 6.07) is 7.62. The molecule has 0 saturated carbocycles. The molecule has 0 N–H and O–H groups in total. The van der Waals surface area contributed by atoms with Gasteiger partial charge in [0.1, 0.15) is 0 Å². The van der Waals surface area contributed by atoms with Crippen molar-refractivity contribution in [2.24, 2.45) is 0 Å². The molecule has 0 amide bonds. The van der Waals surface area contributed by atoms with Crippen molar-refractivity contribution in [3.8, 4) is 0 Å². The fraction of sp³-hybridized carbons (Fsp3) is 0.385. The number of aryl methyl sites for hydroxylation is 1. The highest BCUT2D eigenvalue weighted by Crippen LogP contribution is 2.09. The lowest BCUT2D eigenvalue weighted by Gasteiger charge is -2.08. The number of fused-ring (bicyclic) bond motifs is 1. The maximum absolute atomic E-state index is 11.6. The number of unbranched alkanes of at least 4 members (excludes halogenated alkanes) is 2. The van der Waals surface area contributed by atoms with E-state index in [0.717, 1.165) is 42.5 Å². The summed E-state index contributed by atoms with van der Waals surface area (Å²) < 4.78 is 1.91. The number of aromatic nitrogens is 2. The number of hydrogen-bond acceptors (Lipinski definition) is 3. The lowest BCUT2D eigenvalue weighted by atomic mass is 10.2. The van der Waals surface area contributed by atoms with Crippen LogP contribution in [-0.2, 0) is 6.54 Å². The van der Waals surface area contributed by atoms with E-state index < -0.39 is 0 Å². The molecule has 0 aliphatic heterocycles. The second-order valence-electron chi connectivity index (χ2n) is 4.03. The number of para-hydroxylation sites is 1. The number of nitrogens with zero attached hydrogens (tertiary/aromatic N) is 2. The minimum atomic E-state index is -0.00721. The smallest absolute Gasteiger partial charge is 0.207 e. The Morgan fingerprint density at radius 2 is 2.00 bits per heavy atom. The molecule has 1 heterocycles. The molecule has 0 aliphatic rings. The van der Waals surface area contributed by atoms with E-state index in [1.165, 1.54) is 6.20 Å². The molecule has 0 bridgehead atoms. The summed E-state index contributed by atoms with van der Waals surface area (Å²) in [5, 5.41) is 4.94. The Balaban J connectivity index is 2.23. The molecule has 0 spiro atoms.